The molecule has 0 aliphatic heterocycles. The van der Waals surface area contributed by atoms with Gasteiger partial charge in [0.05, 0.1) is 31.5 Å². The number of benzene rings is 1. The van der Waals surface area contributed by atoms with Crippen LogP contribution in [0.3, 0.4) is 0 Å². The topological polar surface area (TPSA) is 95.1 Å². The monoisotopic (exact) mass is 417 g/mol. The van der Waals surface area contributed by atoms with Crippen LogP contribution in [0.5, 0.6) is 5.75 Å². The number of aliphatic hydroxyl groups is 1. The molecule has 2 aromatic rings. The minimum atomic E-state index is -1.29. The molecular weight excluding hydrogens is 393 g/mol. The number of nitrogens with zero attached hydrogens (tertiary/aromatic N) is 3. The number of terminal acetylenes is 1. The second-order valence-corrected chi connectivity index (χ2v) is 6.81. The van der Waals surface area contributed by atoms with Crippen molar-refractivity contribution in [1.29, 1.82) is 0 Å². The fourth-order valence-electron chi connectivity index (χ4n) is 2.75. The van der Waals surface area contributed by atoms with Gasteiger partial charge in [-0.3, -0.25) is 9.36 Å². The molecule has 0 fully saturated rings. The lowest BCUT2D eigenvalue weighted by Crippen LogP contribution is -2.42. The standard InChI is InChI=1S/C21H24FN3O5/c1-6-9-25-20(27)17(14(4)23-30-13(2)3)11-24(21(25)28)12-18(26)16-10-15(22)7-8-19(16)29-5/h1,7-8,10-11,13,18,26H,9,12H2,2-5H3/b23-14+. The van der Waals surface area contributed by atoms with Crippen molar-refractivity contribution in [2.75, 3.05) is 7.11 Å². The third-order valence-electron chi connectivity index (χ3n) is 4.20. The molecule has 0 aliphatic carbocycles. The van der Waals surface area contributed by atoms with Crippen molar-refractivity contribution in [3.8, 4) is 18.1 Å². The van der Waals surface area contributed by atoms with E-state index in [4.69, 9.17) is 16.0 Å². The smallest absolute Gasteiger partial charge is 0.331 e. The summed E-state index contributed by atoms with van der Waals surface area (Å²) in [7, 11) is 1.38. The predicted molar refractivity (Wildman–Crippen MR) is 110 cm³/mol. The van der Waals surface area contributed by atoms with Gasteiger partial charge in [-0.15, -0.1) is 6.42 Å². The minimum Gasteiger partial charge on any atom is -0.496 e. The molecule has 1 aromatic heterocycles. The molecule has 30 heavy (non-hydrogen) atoms. The molecule has 0 spiro atoms. The summed E-state index contributed by atoms with van der Waals surface area (Å²) < 4.78 is 20.8. The summed E-state index contributed by atoms with van der Waals surface area (Å²) in [6.45, 7) is 4.58. The van der Waals surface area contributed by atoms with E-state index in [1.54, 1.807) is 20.8 Å². The number of aromatic nitrogens is 2. The molecule has 1 heterocycles. The Balaban J connectivity index is 2.56. The Kier molecular flexibility index (Phi) is 7.55. The number of rotatable bonds is 8. The van der Waals surface area contributed by atoms with Gasteiger partial charge in [0.25, 0.3) is 5.56 Å². The summed E-state index contributed by atoms with van der Waals surface area (Å²) in [5.74, 6) is 1.96. The number of aliphatic hydroxyl groups excluding tert-OH is 1. The molecule has 0 saturated carbocycles. The summed E-state index contributed by atoms with van der Waals surface area (Å²) >= 11 is 0. The van der Waals surface area contributed by atoms with Crippen LogP contribution in [0.2, 0.25) is 0 Å². The zero-order chi connectivity index (χ0) is 22.4. The lowest BCUT2D eigenvalue weighted by atomic mass is 10.1. The Bertz CT molecular complexity index is 1100. The number of hydrogen-bond acceptors (Lipinski definition) is 6. The molecule has 160 valence electrons. The van der Waals surface area contributed by atoms with Crippen molar-refractivity contribution in [3.05, 3.63) is 62.2 Å². The third kappa shape index (κ3) is 5.15. The van der Waals surface area contributed by atoms with Crippen molar-refractivity contribution >= 4 is 5.71 Å². The fraction of sp³-hybridized carbons (Fsp3) is 0.381. The highest BCUT2D eigenvalue weighted by atomic mass is 19.1. The lowest BCUT2D eigenvalue weighted by molar-refractivity contribution is 0.0859. The second-order valence-electron chi connectivity index (χ2n) is 6.81. The maximum Gasteiger partial charge on any atom is 0.331 e. The molecule has 0 amide bonds. The van der Waals surface area contributed by atoms with Crippen LogP contribution in [0.4, 0.5) is 4.39 Å². The molecule has 1 unspecified atom stereocenters. The first-order valence-electron chi connectivity index (χ1n) is 9.19. The molecule has 9 heteroatoms. The molecular formula is C21H24FN3O5. The van der Waals surface area contributed by atoms with Gasteiger partial charge in [-0.1, -0.05) is 11.1 Å². The molecule has 1 aromatic carbocycles. The van der Waals surface area contributed by atoms with Gasteiger partial charge < -0.3 is 14.7 Å². The van der Waals surface area contributed by atoms with Crippen LogP contribution in [-0.4, -0.2) is 33.2 Å². The van der Waals surface area contributed by atoms with Gasteiger partial charge in [-0.25, -0.2) is 13.8 Å². The van der Waals surface area contributed by atoms with Crippen molar-refractivity contribution in [2.24, 2.45) is 5.16 Å². The maximum atomic E-state index is 13.7. The van der Waals surface area contributed by atoms with Crippen LogP contribution in [-0.2, 0) is 17.9 Å². The summed E-state index contributed by atoms with van der Waals surface area (Å²) in [6.07, 6.45) is 5.08. The zero-order valence-electron chi connectivity index (χ0n) is 17.3. The number of oxime groups is 1. The quantitative estimate of drug-likeness (QED) is 0.401. The highest BCUT2D eigenvalue weighted by Crippen LogP contribution is 2.26. The van der Waals surface area contributed by atoms with E-state index in [2.05, 4.69) is 11.1 Å². The van der Waals surface area contributed by atoms with E-state index in [-0.39, 0.29) is 41.8 Å². The number of ether oxygens (including phenoxy) is 1. The van der Waals surface area contributed by atoms with E-state index in [1.807, 2.05) is 0 Å². The van der Waals surface area contributed by atoms with Gasteiger partial charge in [0.2, 0.25) is 0 Å². The number of halogens is 1. The average molecular weight is 417 g/mol. The van der Waals surface area contributed by atoms with Crippen LogP contribution in [0.25, 0.3) is 0 Å². The van der Waals surface area contributed by atoms with Crippen molar-refractivity contribution < 1.29 is 19.1 Å². The molecule has 0 radical (unpaired) electrons. The minimum absolute atomic E-state index is 0.0870. The van der Waals surface area contributed by atoms with Crippen molar-refractivity contribution in [1.82, 2.24) is 9.13 Å². The molecule has 0 aliphatic rings. The largest absolute Gasteiger partial charge is 0.496 e. The van der Waals surface area contributed by atoms with E-state index in [9.17, 15) is 19.1 Å². The van der Waals surface area contributed by atoms with Gasteiger partial charge in [0, 0.05) is 11.8 Å². The highest BCUT2D eigenvalue weighted by molar-refractivity contribution is 5.97. The molecule has 2 rings (SSSR count). The Morgan fingerprint density at radius 2 is 2.07 bits per heavy atom. The summed E-state index contributed by atoms with van der Waals surface area (Å²) in [5, 5.41) is 14.5. The van der Waals surface area contributed by atoms with E-state index < -0.39 is 23.2 Å². The van der Waals surface area contributed by atoms with Crippen LogP contribution < -0.4 is 16.0 Å². The van der Waals surface area contributed by atoms with Crippen LogP contribution in [0.15, 0.2) is 39.1 Å². The Hall–Kier alpha value is -3.38. The van der Waals surface area contributed by atoms with Crippen LogP contribution in [0.1, 0.15) is 38.0 Å². The lowest BCUT2D eigenvalue weighted by Gasteiger charge is -2.18. The number of hydrogen-bond donors (Lipinski definition) is 1. The summed E-state index contributed by atoms with van der Waals surface area (Å²) in [4.78, 5) is 30.6. The number of methoxy groups -OCH3 is 1. The van der Waals surface area contributed by atoms with Gasteiger partial charge in [-0.2, -0.15) is 0 Å². The third-order valence-corrected chi connectivity index (χ3v) is 4.20. The predicted octanol–water partition coefficient (Wildman–Crippen LogP) is 1.67. The molecule has 8 nitrogen and oxygen atoms in total. The van der Waals surface area contributed by atoms with Gasteiger partial charge in [0.15, 0.2) is 0 Å². The van der Waals surface area contributed by atoms with E-state index >= 15 is 0 Å². The van der Waals surface area contributed by atoms with E-state index in [0.29, 0.717) is 0 Å². The van der Waals surface area contributed by atoms with Gasteiger partial charge in [0.1, 0.15) is 23.8 Å². The summed E-state index contributed by atoms with van der Waals surface area (Å²) in [6, 6.07) is 3.69. The highest BCUT2D eigenvalue weighted by Gasteiger charge is 2.19. The van der Waals surface area contributed by atoms with Gasteiger partial charge in [-0.05, 0) is 39.0 Å². The maximum absolute atomic E-state index is 13.7. The Labute approximate surface area is 173 Å². The Morgan fingerprint density at radius 3 is 2.67 bits per heavy atom. The van der Waals surface area contributed by atoms with E-state index in [0.717, 1.165) is 15.2 Å². The first-order chi connectivity index (χ1) is 14.2. The first-order valence-corrected chi connectivity index (χ1v) is 9.19. The van der Waals surface area contributed by atoms with Crippen LogP contribution in [0, 0.1) is 18.2 Å². The Morgan fingerprint density at radius 1 is 1.37 bits per heavy atom. The second kappa shape index (κ2) is 9.89. The fourth-order valence-corrected chi connectivity index (χ4v) is 2.75. The SMILES string of the molecule is C#CCn1c(=O)c(/C(C)=N/OC(C)C)cn(CC(O)c2cc(F)ccc2OC)c1=O. The molecule has 1 atom stereocenters. The molecule has 1 N–H and O–H groups in total. The normalized spacial score (nSPS) is 12.5. The molecule has 0 saturated heterocycles. The van der Waals surface area contributed by atoms with Gasteiger partial charge >= 0.3 is 5.69 Å². The van der Waals surface area contributed by atoms with Crippen LogP contribution >= 0.6 is 0 Å². The first kappa shape index (κ1) is 22.9. The average Bonchev–Trinajstić information content (AvgIpc) is 2.71. The van der Waals surface area contributed by atoms with Crippen molar-refractivity contribution in [3.63, 3.8) is 0 Å². The summed E-state index contributed by atoms with van der Waals surface area (Å²) in [5.41, 5.74) is -0.849. The molecule has 0 bridgehead atoms. The van der Waals surface area contributed by atoms with Crippen molar-refractivity contribution in [2.45, 2.75) is 46.1 Å². The van der Waals surface area contributed by atoms with E-state index in [1.165, 1.54) is 25.4 Å². The zero-order valence-corrected chi connectivity index (χ0v) is 17.3.